The molecule has 0 aliphatic carbocycles. The molecule has 0 aromatic heterocycles. The molecule has 0 aliphatic rings. The maximum Gasteiger partial charge on any atom is 0.387 e. The summed E-state index contributed by atoms with van der Waals surface area (Å²) >= 11 is 0. The molecule has 19 heavy (non-hydrogen) atoms. The molecule has 0 saturated heterocycles. The van der Waals surface area contributed by atoms with Crippen molar-refractivity contribution in [2.24, 2.45) is 0 Å². The first-order chi connectivity index (χ1) is 9.06. The minimum absolute atomic E-state index is 0.0854. The number of halogens is 2. The van der Waals surface area contributed by atoms with E-state index in [4.69, 9.17) is 4.74 Å². The summed E-state index contributed by atoms with van der Waals surface area (Å²) in [5.74, 6) is 0.458. The van der Waals surface area contributed by atoms with Gasteiger partial charge >= 0.3 is 6.61 Å². The summed E-state index contributed by atoms with van der Waals surface area (Å²) in [7, 11) is 1.91. The molecule has 1 unspecified atom stereocenters. The fourth-order valence-electron chi connectivity index (χ4n) is 1.70. The highest BCUT2D eigenvalue weighted by atomic mass is 19.3. The first-order valence-corrected chi connectivity index (χ1v) is 6.44. The fourth-order valence-corrected chi connectivity index (χ4v) is 1.70. The number of aryl methyl sites for hydroxylation is 1. The molecular formula is C14H21F2NO2. The van der Waals surface area contributed by atoms with Gasteiger partial charge in [-0.2, -0.15) is 8.78 Å². The number of benzene rings is 1. The van der Waals surface area contributed by atoms with Gasteiger partial charge in [0, 0.05) is 6.04 Å². The van der Waals surface area contributed by atoms with Crippen molar-refractivity contribution in [2.45, 2.75) is 39.3 Å². The highest BCUT2D eigenvalue weighted by Gasteiger charge is 2.11. The topological polar surface area (TPSA) is 30.5 Å². The van der Waals surface area contributed by atoms with Crippen LogP contribution in [0.1, 0.15) is 25.8 Å². The maximum atomic E-state index is 12.3. The average Bonchev–Trinajstić information content (AvgIpc) is 2.38. The normalized spacial score (nSPS) is 12.5. The second-order valence-electron chi connectivity index (χ2n) is 4.32. The lowest BCUT2D eigenvalue weighted by Crippen LogP contribution is -2.21. The van der Waals surface area contributed by atoms with Crippen molar-refractivity contribution in [3.05, 3.63) is 23.8 Å². The molecule has 3 nitrogen and oxygen atoms in total. The fraction of sp³-hybridized carbons (Fsp3) is 0.571. The number of alkyl halides is 2. The lowest BCUT2D eigenvalue weighted by Gasteiger charge is -2.14. The van der Waals surface area contributed by atoms with E-state index < -0.39 is 6.61 Å². The summed E-state index contributed by atoms with van der Waals surface area (Å²) in [6, 6.07) is 5.51. The second kappa shape index (κ2) is 7.94. The summed E-state index contributed by atoms with van der Waals surface area (Å²) in [4.78, 5) is 0. The van der Waals surface area contributed by atoms with Gasteiger partial charge in [0.05, 0.1) is 6.61 Å². The Morgan fingerprint density at radius 3 is 2.58 bits per heavy atom. The van der Waals surface area contributed by atoms with Gasteiger partial charge in [-0.05, 0) is 51.4 Å². The van der Waals surface area contributed by atoms with Crippen molar-refractivity contribution in [3.63, 3.8) is 0 Å². The van der Waals surface area contributed by atoms with E-state index in [1.54, 1.807) is 12.1 Å². The Bertz CT molecular complexity index is 386. The molecule has 0 bridgehead atoms. The van der Waals surface area contributed by atoms with Crippen molar-refractivity contribution in [2.75, 3.05) is 13.7 Å². The third-order valence-corrected chi connectivity index (χ3v) is 2.88. The molecule has 1 N–H and O–H groups in total. The van der Waals surface area contributed by atoms with E-state index in [0.717, 1.165) is 18.4 Å². The van der Waals surface area contributed by atoms with Crippen molar-refractivity contribution < 1.29 is 18.3 Å². The van der Waals surface area contributed by atoms with E-state index in [1.807, 2.05) is 14.0 Å². The van der Waals surface area contributed by atoms with E-state index in [-0.39, 0.29) is 5.75 Å². The molecule has 0 heterocycles. The average molecular weight is 273 g/mol. The summed E-state index contributed by atoms with van der Waals surface area (Å²) in [5.41, 5.74) is 1.05. The molecular weight excluding hydrogens is 252 g/mol. The van der Waals surface area contributed by atoms with Crippen molar-refractivity contribution in [1.29, 1.82) is 0 Å². The minimum atomic E-state index is -2.84. The summed E-state index contributed by atoms with van der Waals surface area (Å²) < 4.78 is 34.3. The highest BCUT2D eigenvalue weighted by Crippen LogP contribution is 2.30. The van der Waals surface area contributed by atoms with Crippen LogP contribution in [-0.4, -0.2) is 26.3 Å². The van der Waals surface area contributed by atoms with Crippen molar-refractivity contribution >= 4 is 0 Å². The molecule has 1 rings (SSSR count). The summed E-state index contributed by atoms with van der Waals surface area (Å²) in [5, 5.41) is 3.16. The van der Waals surface area contributed by atoms with Crippen LogP contribution in [0.25, 0.3) is 0 Å². The van der Waals surface area contributed by atoms with Gasteiger partial charge in [-0.25, -0.2) is 0 Å². The van der Waals surface area contributed by atoms with E-state index >= 15 is 0 Å². The Morgan fingerprint density at radius 1 is 1.26 bits per heavy atom. The highest BCUT2D eigenvalue weighted by molar-refractivity contribution is 5.43. The largest absolute Gasteiger partial charge is 0.490 e. The SMILES string of the molecule is CCOc1cc(CCC(C)NC)ccc1OC(F)F. The van der Waals surface area contributed by atoms with Crippen LogP contribution in [0.15, 0.2) is 18.2 Å². The van der Waals surface area contributed by atoms with Crippen LogP contribution in [0, 0.1) is 0 Å². The van der Waals surface area contributed by atoms with Crippen LogP contribution in [0.3, 0.4) is 0 Å². The van der Waals surface area contributed by atoms with Gasteiger partial charge in [0.15, 0.2) is 11.5 Å². The number of ether oxygens (including phenoxy) is 2. The number of hydrogen-bond acceptors (Lipinski definition) is 3. The van der Waals surface area contributed by atoms with Crippen LogP contribution < -0.4 is 14.8 Å². The first-order valence-electron chi connectivity index (χ1n) is 6.44. The number of hydrogen-bond donors (Lipinski definition) is 1. The van der Waals surface area contributed by atoms with Crippen LogP contribution in [0.5, 0.6) is 11.5 Å². The maximum absolute atomic E-state index is 12.3. The van der Waals surface area contributed by atoms with E-state index in [1.165, 1.54) is 6.07 Å². The minimum Gasteiger partial charge on any atom is -0.490 e. The number of rotatable bonds is 8. The monoisotopic (exact) mass is 273 g/mol. The van der Waals surface area contributed by atoms with Crippen LogP contribution >= 0.6 is 0 Å². The lowest BCUT2D eigenvalue weighted by molar-refractivity contribution is -0.0514. The van der Waals surface area contributed by atoms with E-state index in [0.29, 0.717) is 18.4 Å². The van der Waals surface area contributed by atoms with Gasteiger partial charge in [-0.15, -0.1) is 0 Å². The first kappa shape index (κ1) is 15.7. The summed E-state index contributed by atoms with van der Waals surface area (Å²) in [6.45, 7) is 1.48. The third-order valence-electron chi connectivity index (χ3n) is 2.88. The lowest BCUT2D eigenvalue weighted by atomic mass is 10.1. The van der Waals surface area contributed by atoms with Gasteiger partial charge in [-0.1, -0.05) is 6.07 Å². The zero-order chi connectivity index (χ0) is 14.3. The third kappa shape index (κ3) is 5.42. The smallest absolute Gasteiger partial charge is 0.387 e. The predicted octanol–water partition coefficient (Wildman–Crippen LogP) is 3.23. The Hall–Kier alpha value is -1.36. The molecule has 0 radical (unpaired) electrons. The molecule has 1 aromatic rings. The molecule has 1 aromatic carbocycles. The van der Waals surface area contributed by atoms with Crippen LogP contribution in [-0.2, 0) is 6.42 Å². The molecule has 1 atom stereocenters. The number of nitrogens with one attached hydrogen (secondary N) is 1. The predicted molar refractivity (Wildman–Crippen MR) is 71.1 cm³/mol. The Balaban J connectivity index is 2.77. The van der Waals surface area contributed by atoms with E-state index in [9.17, 15) is 8.78 Å². The van der Waals surface area contributed by atoms with Crippen molar-refractivity contribution in [1.82, 2.24) is 5.32 Å². The van der Waals surface area contributed by atoms with Gasteiger partial charge in [0.25, 0.3) is 0 Å². The van der Waals surface area contributed by atoms with Gasteiger partial charge in [0.2, 0.25) is 0 Å². The molecule has 5 heteroatoms. The zero-order valence-corrected chi connectivity index (χ0v) is 11.6. The van der Waals surface area contributed by atoms with Gasteiger partial charge in [-0.3, -0.25) is 0 Å². The molecule has 0 fully saturated rings. The van der Waals surface area contributed by atoms with Crippen LogP contribution in [0.4, 0.5) is 8.78 Å². The Labute approximate surface area is 112 Å². The van der Waals surface area contributed by atoms with Gasteiger partial charge in [0.1, 0.15) is 0 Å². The zero-order valence-electron chi connectivity index (χ0n) is 11.6. The van der Waals surface area contributed by atoms with E-state index in [2.05, 4.69) is 17.0 Å². The standard InChI is InChI=1S/C14H21F2NO2/c1-4-18-13-9-11(6-5-10(2)17-3)7-8-12(13)19-14(15)16/h7-10,14,17H,4-6H2,1-3H3. The molecule has 108 valence electrons. The molecule has 0 aliphatic heterocycles. The van der Waals surface area contributed by atoms with Crippen LogP contribution in [0.2, 0.25) is 0 Å². The summed E-state index contributed by atoms with van der Waals surface area (Å²) in [6.07, 6.45) is 1.83. The quantitative estimate of drug-likeness (QED) is 0.789. The molecule has 0 spiro atoms. The second-order valence-corrected chi connectivity index (χ2v) is 4.32. The van der Waals surface area contributed by atoms with Gasteiger partial charge < -0.3 is 14.8 Å². The Morgan fingerprint density at radius 2 is 2.00 bits per heavy atom. The molecule has 0 saturated carbocycles. The Kier molecular flexibility index (Phi) is 6.56. The molecule has 0 amide bonds. The van der Waals surface area contributed by atoms with Crippen molar-refractivity contribution in [3.8, 4) is 11.5 Å².